The lowest BCUT2D eigenvalue weighted by Crippen LogP contribution is -2.58. The number of nitrogens with one attached hydrogen (secondary N) is 6. The minimum atomic E-state index is -1.25. The second-order valence-electron chi connectivity index (χ2n) is 17.0. The molecular formula is C49H61ClN12O8. The predicted octanol–water partition coefficient (Wildman–Crippen LogP) is 0.416. The Hall–Kier alpha value is -7.61. The molecule has 5 rings (SSSR count). The fourth-order valence-electron chi connectivity index (χ4n) is 7.94. The molecule has 0 spiro atoms. The monoisotopic (exact) mass is 980 g/mol. The molecule has 2 heterocycles. The Morgan fingerprint density at radius 2 is 1.39 bits per heavy atom. The highest BCUT2D eigenvalue weighted by Crippen LogP contribution is 2.21. The van der Waals surface area contributed by atoms with Gasteiger partial charge < -0.3 is 54.0 Å². The van der Waals surface area contributed by atoms with Crippen LogP contribution in [0.1, 0.15) is 62.8 Å². The number of hydrogen-bond acceptors (Lipinski definition) is 10. The number of fused-ring (bicyclic) bond motifs is 1. The third-order valence-electron chi connectivity index (χ3n) is 11.6. The molecule has 21 heteroatoms. The van der Waals surface area contributed by atoms with Crippen LogP contribution in [-0.4, -0.2) is 119 Å². The van der Waals surface area contributed by atoms with Gasteiger partial charge in [0.2, 0.25) is 47.3 Å². The molecule has 8 amide bonds. The number of guanidine groups is 1. The van der Waals surface area contributed by atoms with Crippen molar-refractivity contribution in [1.29, 1.82) is 0 Å². The summed E-state index contributed by atoms with van der Waals surface area (Å²) in [6.45, 7) is 2.90. The molecule has 0 unspecified atom stereocenters. The van der Waals surface area contributed by atoms with Crippen LogP contribution in [0, 0.1) is 0 Å². The number of amides is 8. The topological polar surface area (TPSA) is 315 Å². The molecule has 20 nitrogen and oxygen atoms in total. The van der Waals surface area contributed by atoms with E-state index < -0.39 is 83.5 Å². The average Bonchev–Trinajstić information content (AvgIpc) is 3.83. The molecule has 12 N–H and O–H groups in total. The van der Waals surface area contributed by atoms with Gasteiger partial charge in [0.05, 0.1) is 0 Å². The van der Waals surface area contributed by atoms with Crippen molar-refractivity contribution in [3.63, 3.8) is 0 Å². The highest BCUT2D eigenvalue weighted by molar-refractivity contribution is 6.30. The fourth-order valence-corrected chi connectivity index (χ4v) is 8.06. The van der Waals surface area contributed by atoms with Crippen LogP contribution in [0.4, 0.5) is 0 Å². The van der Waals surface area contributed by atoms with Gasteiger partial charge in [0.1, 0.15) is 36.3 Å². The van der Waals surface area contributed by atoms with Gasteiger partial charge >= 0.3 is 0 Å². The first-order valence-electron chi connectivity index (χ1n) is 23.0. The summed E-state index contributed by atoms with van der Waals surface area (Å²) < 4.78 is 0. The summed E-state index contributed by atoms with van der Waals surface area (Å²) in [6.07, 6.45) is 2.51. The van der Waals surface area contributed by atoms with Crippen LogP contribution in [0.5, 0.6) is 0 Å². The van der Waals surface area contributed by atoms with E-state index in [2.05, 4.69) is 41.9 Å². The van der Waals surface area contributed by atoms with E-state index in [1.54, 1.807) is 42.5 Å². The van der Waals surface area contributed by atoms with Crippen molar-refractivity contribution in [2.75, 3.05) is 19.6 Å². The number of carbonyl (C=O) groups is 8. The first-order valence-corrected chi connectivity index (χ1v) is 23.4. The van der Waals surface area contributed by atoms with E-state index in [1.807, 2.05) is 42.5 Å². The number of benzene rings is 3. The third-order valence-corrected chi connectivity index (χ3v) is 11.8. The Kier molecular flexibility index (Phi) is 20.0. The van der Waals surface area contributed by atoms with Crippen molar-refractivity contribution in [2.24, 2.45) is 22.2 Å². The van der Waals surface area contributed by atoms with Gasteiger partial charge in [-0.1, -0.05) is 72.3 Å². The zero-order chi connectivity index (χ0) is 50.7. The maximum atomic E-state index is 14.4. The van der Waals surface area contributed by atoms with Gasteiger partial charge in [0.15, 0.2) is 5.96 Å². The van der Waals surface area contributed by atoms with Crippen molar-refractivity contribution in [2.45, 2.75) is 101 Å². The van der Waals surface area contributed by atoms with Crippen LogP contribution < -0.4 is 49.1 Å². The fraction of sp³-hybridized carbons (Fsp3) is 0.388. The summed E-state index contributed by atoms with van der Waals surface area (Å²) in [7, 11) is 0. The molecule has 1 aliphatic rings. The van der Waals surface area contributed by atoms with E-state index in [4.69, 9.17) is 28.8 Å². The van der Waals surface area contributed by atoms with Gasteiger partial charge in [-0.3, -0.25) is 48.3 Å². The number of rotatable bonds is 24. The number of aromatic nitrogens is 1. The lowest BCUT2D eigenvalue weighted by molar-refractivity contribution is -0.142. The number of aliphatic imine (C=N–C) groups is 1. The maximum Gasteiger partial charge on any atom is 0.245 e. The molecule has 1 aromatic heterocycles. The number of likely N-dealkylation sites (tertiary alicyclic amines) is 1. The van der Waals surface area contributed by atoms with E-state index in [-0.39, 0.29) is 57.7 Å². The summed E-state index contributed by atoms with van der Waals surface area (Å²) in [5, 5.41) is 18.7. The van der Waals surface area contributed by atoms with Gasteiger partial charge in [-0.05, 0) is 78.8 Å². The number of nitrogens with zero attached hydrogens (tertiary/aromatic N) is 3. The zero-order valence-electron chi connectivity index (χ0n) is 39.1. The van der Waals surface area contributed by atoms with Gasteiger partial charge in [-0.25, -0.2) is 0 Å². The van der Waals surface area contributed by atoms with E-state index in [1.165, 1.54) is 24.9 Å². The molecule has 1 aliphatic heterocycles. The zero-order valence-corrected chi connectivity index (χ0v) is 39.9. The quantitative estimate of drug-likeness (QED) is 0.0263. The molecule has 6 atom stereocenters. The van der Waals surface area contributed by atoms with Crippen LogP contribution in [0.3, 0.4) is 0 Å². The van der Waals surface area contributed by atoms with Crippen LogP contribution in [-0.2, 0) is 57.6 Å². The minimum Gasteiger partial charge on any atom is -0.370 e. The molecule has 1 fully saturated rings. The normalized spacial score (nSPS) is 15.2. The number of pyridine rings is 1. The number of primary amides is 1. The summed E-state index contributed by atoms with van der Waals surface area (Å²) in [5.74, 6) is -5.05. The van der Waals surface area contributed by atoms with Crippen molar-refractivity contribution in [3.05, 3.63) is 113 Å². The van der Waals surface area contributed by atoms with Gasteiger partial charge in [0, 0.05) is 69.2 Å². The molecule has 0 radical (unpaired) electrons. The second kappa shape index (κ2) is 26.2. The van der Waals surface area contributed by atoms with Crippen LogP contribution in [0.15, 0.2) is 96.1 Å². The summed E-state index contributed by atoms with van der Waals surface area (Å²) >= 11 is 6.16. The maximum absolute atomic E-state index is 14.4. The largest absolute Gasteiger partial charge is 0.370 e. The summed E-state index contributed by atoms with van der Waals surface area (Å²) in [4.78, 5) is 117. The Balaban J connectivity index is 1.29. The Labute approximate surface area is 410 Å². The average molecular weight is 982 g/mol. The van der Waals surface area contributed by atoms with E-state index in [9.17, 15) is 38.4 Å². The highest BCUT2D eigenvalue weighted by atomic mass is 35.5. The SMILES string of the molecule is CC(=O)N[C@H](Cc1ccc2ccccc2c1)C(=O)N[C@H](Cc1ccc(Cl)cc1)C(=O)N[C@H](Cc1ccccn1)C(=O)NCCC(=O)N[C@@H](CCCN=C(N)N)C(=O)N1CCC[C@H]1C(=O)N[C@H](C)C(N)=O. The van der Waals surface area contributed by atoms with Crippen LogP contribution in [0.25, 0.3) is 10.8 Å². The molecule has 0 aliphatic carbocycles. The van der Waals surface area contributed by atoms with Crippen LogP contribution >= 0.6 is 11.6 Å². The minimum absolute atomic E-state index is 0.0171. The van der Waals surface area contributed by atoms with Gasteiger partial charge in [-0.2, -0.15) is 0 Å². The smallest absolute Gasteiger partial charge is 0.245 e. The Morgan fingerprint density at radius 1 is 0.743 bits per heavy atom. The first-order chi connectivity index (χ1) is 33.5. The van der Waals surface area contributed by atoms with E-state index in [0.717, 1.165) is 16.3 Å². The Bertz CT molecular complexity index is 2520. The van der Waals surface area contributed by atoms with Crippen LogP contribution in [0.2, 0.25) is 5.02 Å². The van der Waals surface area contributed by atoms with E-state index in [0.29, 0.717) is 35.5 Å². The van der Waals surface area contributed by atoms with Crippen molar-refractivity contribution in [3.8, 4) is 0 Å². The molecule has 70 heavy (non-hydrogen) atoms. The Morgan fingerprint density at radius 3 is 2.04 bits per heavy atom. The number of nitrogens with two attached hydrogens (primary N) is 3. The second-order valence-corrected chi connectivity index (χ2v) is 17.5. The molecular weight excluding hydrogens is 920 g/mol. The summed E-state index contributed by atoms with van der Waals surface area (Å²) in [6, 6.07) is 18.7. The van der Waals surface area contributed by atoms with E-state index >= 15 is 0 Å². The van der Waals surface area contributed by atoms with Gasteiger partial charge in [0.25, 0.3) is 0 Å². The first kappa shape index (κ1) is 53.3. The van der Waals surface area contributed by atoms with Crippen molar-refractivity contribution >= 4 is 75.6 Å². The summed E-state index contributed by atoms with van der Waals surface area (Å²) in [5.41, 5.74) is 18.1. The number of halogens is 1. The van der Waals surface area contributed by atoms with Crippen molar-refractivity contribution in [1.82, 2.24) is 41.8 Å². The lowest BCUT2D eigenvalue weighted by atomic mass is 10.00. The molecule has 372 valence electrons. The lowest BCUT2D eigenvalue weighted by Gasteiger charge is -2.29. The molecule has 4 aromatic rings. The number of carbonyl (C=O) groups excluding carboxylic acids is 8. The number of hydrogen-bond donors (Lipinski definition) is 9. The van der Waals surface area contributed by atoms with Crippen molar-refractivity contribution < 1.29 is 38.4 Å². The molecule has 0 bridgehead atoms. The van der Waals surface area contributed by atoms with Gasteiger partial charge in [-0.15, -0.1) is 0 Å². The molecule has 3 aromatic carbocycles. The predicted molar refractivity (Wildman–Crippen MR) is 263 cm³/mol. The molecule has 0 saturated carbocycles. The third kappa shape index (κ3) is 16.6. The highest BCUT2D eigenvalue weighted by Gasteiger charge is 2.38. The molecule has 1 saturated heterocycles. The standard InChI is InChI=1S/C49H61ClN12O8/c1-29(43(51)65)57-47(69)41-13-8-24-62(41)48(70)37(12-7-22-56-49(52)53)59-42(64)20-23-55-44(66)40(28-36-11-5-6-21-54-36)61-46(68)39(26-31-15-18-35(50)19-16-31)60-45(67)38(58-30(2)63)27-32-14-17-33-9-3-4-10-34(33)25-32/h3-6,9-11,14-19,21,25,29,37-41H,7-8,12-13,20,22-24,26-28H2,1-2H3,(H2,51,65)(H,55,66)(H,57,69)(H,58,63)(H,59,64)(H,60,67)(H,61,68)(H4,52,53,56)/t29-,37+,38-,39-,40-,41+/m1/s1.